The van der Waals surface area contributed by atoms with Gasteiger partial charge in [0.15, 0.2) is 5.70 Å². The molecule has 6 nitrogen and oxygen atoms in total. The number of rotatable bonds is 3. The van der Waals surface area contributed by atoms with Crippen molar-refractivity contribution in [2.75, 3.05) is 7.11 Å². The molecule has 0 rings (SSSR count). The van der Waals surface area contributed by atoms with E-state index in [1.165, 1.54) is 7.11 Å². The van der Waals surface area contributed by atoms with Gasteiger partial charge in [0.1, 0.15) is 0 Å². The number of aliphatic carboxylic acids is 1. The molecule has 6 N–H and O–H groups in total. The summed E-state index contributed by atoms with van der Waals surface area (Å²) in [6.45, 7) is 0. The third-order valence-electron chi connectivity index (χ3n) is 0.810. The first-order chi connectivity index (χ1) is 4.63. The SMILES string of the molecule is CO/C(NN)=C(/N)C(=O)O. The smallest absolute Gasteiger partial charge is 0.357 e. The van der Waals surface area contributed by atoms with Crippen molar-refractivity contribution in [3.63, 3.8) is 0 Å². The number of nitrogens with two attached hydrogens (primary N) is 2. The van der Waals surface area contributed by atoms with E-state index >= 15 is 0 Å². The summed E-state index contributed by atoms with van der Waals surface area (Å²) in [5.41, 5.74) is 6.53. The molecule has 0 amide bonds. The van der Waals surface area contributed by atoms with E-state index in [2.05, 4.69) is 4.74 Å². The van der Waals surface area contributed by atoms with Crippen LogP contribution in [-0.2, 0) is 9.53 Å². The van der Waals surface area contributed by atoms with E-state index in [-0.39, 0.29) is 5.88 Å². The van der Waals surface area contributed by atoms with Crippen LogP contribution in [-0.4, -0.2) is 18.2 Å². The molecule has 0 aliphatic heterocycles. The summed E-state index contributed by atoms with van der Waals surface area (Å²) in [5.74, 6) is 3.40. The second-order valence-electron chi connectivity index (χ2n) is 1.40. The molecule has 0 bridgehead atoms. The van der Waals surface area contributed by atoms with Crippen molar-refractivity contribution >= 4 is 5.97 Å². The first-order valence-electron chi connectivity index (χ1n) is 2.37. The average molecular weight is 147 g/mol. The van der Waals surface area contributed by atoms with Gasteiger partial charge in [0.05, 0.1) is 7.11 Å². The molecule has 0 aromatic rings. The normalized spacial score (nSPS) is 11.8. The van der Waals surface area contributed by atoms with Crippen molar-refractivity contribution in [3.05, 3.63) is 11.6 Å². The highest BCUT2D eigenvalue weighted by molar-refractivity contribution is 5.85. The lowest BCUT2D eigenvalue weighted by Crippen LogP contribution is -2.28. The minimum absolute atomic E-state index is 0.160. The molecule has 0 aliphatic carbocycles. The molecule has 0 heterocycles. The van der Waals surface area contributed by atoms with Crippen LogP contribution in [0.5, 0.6) is 0 Å². The van der Waals surface area contributed by atoms with E-state index < -0.39 is 11.7 Å². The van der Waals surface area contributed by atoms with Gasteiger partial charge in [0, 0.05) is 0 Å². The number of carboxylic acids is 1. The fraction of sp³-hybridized carbons (Fsp3) is 0.250. The Labute approximate surface area is 57.4 Å². The maximum atomic E-state index is 10.1. The Kier molecular flexibility index (Phi) is 3.06. The van der Waals surface area contributed by atoms with Crippen molar-refractivity contribution in [2.45, 2.75) is 0 Å². The molecule has 0 unspecified atom stereocenters. The molecular weight excluding hydrogens is 138 g/mol. The Morgan fingerprint density at radius 3 is 2.30 bits per heavy atom. The molecule has 6 heteroatoms. The topological polar surface area (TPSA) is 111 Å². The highest BCUT2D eigenvalue weighted by Gasteiger charge is 2.08. The van der Waals surface area contributed by atoms with Gasteiger partial charge in [0.2, 0.25) is 5.88 Å². The van der Waals surface area contributed by atoms with Crippen LogP contribution in [0.3, 0.4) is 0 Å². The molecule has 0 aromatic carbocycles. The number of methoxy groups -OCH3 is 1. The van der Waals surface area contributed by atoms with Crippen LogP contribution >= 0.6 is 0 Å². The first-order valence-corrected chi connectivity index (χ1v) is 2.37. The average Bonchev–Trinajstić information content (AvgIpc) is 1.90. The maximum Gasteiger partial charge on any atom is 0.357 e. The number of nitrogens with one attached hydrogen (secondary N) is 1. The fourth-order valence-electron chi connectivity index (χ4n) is 0.344. The number of carboxylic acid groups (broad SMARTS) is 1. The van der Waals surface area contributed by atoms with Crippen molar-refractivity contribution in [3.8, 4) is 0 Å². The predicted molar refractivity (Wildman–Crippen MR) is 33.2 cm³/mol. The van der Waals surface area contributed by atoms with Gasteiger partial charge in [-0.05, 0) is 0 Å². The summed E-state index contributed by atoms with van der Waals surface area (Å²) in [6.07, 6.45) is 0. The van der Waals surface area contributed by atoms with E-state index in [1.54, 1.807) is 0 Å². The molecule has 0 fully saturated rings. The van der Waals surface area contributed by atoms with Gasteiger partial charge in [-0.3, -0.25) is 5.43 Å². The van der Waals surface area contributed by atoms with Crippen LogP contribution in [0.1, 0.15) is 0 Å². The van der Waals surface area contributed by atoms with Crippen LogP contribution < -0.4 is 17.0 Å². The zero-order valence-electron chi connectivity index (χ0n) is 5.42. The van der Waals surface area contributed by atoms with E-state index in [0.717, 1.165) is 0 Å². The molecule has 0 aromatic heterocycles. The molecule has 58 valence electrons. The molecule has 0 atom stereocenters. The van der Waals surface area contributed by atoms with Gasteiger partial charge in [-0.15, -0.1) is 0 Å². The van der Waals surface area contributed by atoms with Gasteiger partial charge >= 0.3 is 5.97 Å². The van der Waals surface area contributed by atoms with Crippen LogP contribution in [0.15, 0.2) is 11.6 Å². The lowest BCUT2D eigenvalue weighted by Gasteiger charge is -2.04. The van der Waals surface area contributed by atoms with Crippen LogP contribution in [0.25, 0.3) is 0 Å². The summed E-state index contributed by atoms with van der Waals surface area (Å²) in [7, 11) is 1.25. The number of hydrogen-bond donors (Lipinski definition) is 4. The minimum atomic E-state index is -1.28. The first kappa shape index (κ1) is 8.57. The maximum absolute atomic E-state index is 10.1. The highest BCUT2D eigenvalue weighted by Crippen LogP contribution is 1.92. The molecule has 0 saturated heterocycles. The molecule has 0 saturated carbocycles. The Morgan fingerprint density at radius 2 is 2.20 bits per heavy atom. The van der Waals surface area contributed by atoms with Gasteiger partial charge in [-0.25, -0.2) is 10.6 Å². The number of hydrazine groups is 1. The van der Waals surface area contributed by atoms with E-state index in [9.17, 15) is 4.79 Å². The van der Waals surface area contributed by atoms with Crippen molar-refractivity contribution < 1.29 is 14.6 Å². The van der Waals surface area contributed by atoms with Crippen molar-refractivity contribution in [2.24, 2.45) is 11.6 Å². The Hall–Kier alpha value is -1.43. The number of hydrogen-bond acceptors (Lipinski definition) is 5. The highest BCUT2D eigenvalue weighted by atomic mass is 16.5. The zero-order chi connectivity index (χ0) is 8.15. The molecule has 0 spiro atoms. The van der Waals surface area contributed by atoms with Gasteiger partial charge in [-0.2, -0.15) is 0 Å². The molecule has 0 aliphatic rings. The third-order valence-corrected chi connectivity index (χ3v) is 0.810. The van der Waals surface area contributed by atoms with E-state index in [4.69, 9.17) is 16.7 Å². The third kappa shape index (κ3) is 1.82. The van der Waals surface area contributed by atoms with Gasteiger partial charge in [0.25, 0.3) is 0 Å². The Bertz CT molecular complexity index is 159. The van der Waals surface area contributed by atoms with Crippen molar-refractivity contribution in [1.82, 2.24) is 5.43 Å². The van der Waals surface area contributed by atoms with E-state index in [0.29, 0.717) is 0 Å². The Morgan fingerprint density at radius 1 is 1.70 bits per heavy atom. The summed E-state index contributed by atoms with van der Waals surface area (Å²) in [6, 6.07) is 0. The standard InChI is InChI=1S/C4H9N3O3/c1-10-3(7-6)2(5)4(8)9/h7H,5-6H2,1H3,(H,8,9)/b3-2+. The predicted octanol–water partition coefficient (Wildman–Crippen LogP) is -1.69. The van der Waals surface area contributed by atoms with E-state index in [1.807, 2.05) is 5.43 Å². The quantitative estimate of drug-likeness (QED) is 0.164. The number of ether oxygens (including phenoxy) is 1. The lowest BCUT2D eigenvalue weighted by atomic mass is 10.5. The van der Waals surface area contributed by atoms with Crippen molar-refractivity contribution in [1.29, 1.82) is 0 Å². The molecule has 0 radical (unpaired) electrons. The van der Waals surface area contributed by atoms with Crippen LogP contribution in [0, 0.1) is 0 Å². The zero-order valence-corrected chi connectivity index (χ0v) is 5.42. The largest absolute Gasteiger partial charge is 0.480 e. The summed E-state index contributed by atoms with van der Waals surface area (Å²) in [4.78, 5) is 10.1. The summed E-state index contributed by atoms with van der Waals surface area (Å²) >= 11 is 0. The lowest BCUT2D eigenvalue weighted by molar-refractivity contribution is -0.133. The molecular formula is C4H9N3O3. The summed E-state index contributed by atoms with van der Waals surface area (Å²) < 4.78 is 4.46. The Balaban J connectivity index is 4.43. The fourth-order valence-corrected chi connectivity index (χ4v) is 0.344. The second kappa shape index (κ2) is 3.57. The monoisotopic (exact) mass is 147 g/mol. The minimum Gasteiger partial charge on any atom is -0.480 e. The van der Waals surface area contributed by atoms with Crippen LogP contribution in [0.4, 0.5) is 0 Å². The van der Waals surface area contributed by atoms with Gasteiger partial charge < -0.3 is 15.6 Å². The van der Waals surface area contributed by atoms with Crippen LogP contribution in [0.2, 0.25) is 0 Å². The molecule has 10 heavy (non-hydrogen) atoms. The number of carbonyl (C=O) groups is 1. The second-order valence-corrected chi connectivity index (χ2v) is 1.40. The van der Waals surface area contributed by atoms with Gasteiger partial charge in [-0.1, -0.05) is 0 Å². The summed E-state index contributed by atoms with van der Waals surface area (Å²) in [5, 5.41) is 8.26.